The average Bonchev–Trinajstić information content (AvgIpc) is 2.88. The molecule has 0 spiro atoms. The lowest BCUT2D eigenvalue weighted by molar-refractivity contribution is -0.139. The van der Waals surface area contributed by atoms with Crippen molar-refractivity contribution in [1.82, 2.24) is 9.88 Å². The fourth-order valence-electron chi connectivity index (χ4n) is 3.00. The third-order valence-electron chi connectivity index (χ3n) is 4.12. The predicted molar refractivity (Wildman–Crippen MR) is 95.0 cm³/mol. The van der Waals surface area contributed by atoms with Crippen LogP contribution < -0.4 is 0 Å². The molecule has 6 heteroatoms. The first-order valence-electron chi connectivity index (χ1n) is 7.99. The number of carbonyl (C=O) groups excluding carboxylic acids is 2. The highest BCUT2D eigenvalue weighted by Crippen LogP contribution is 2.39. The molecule has 1 unspecified atom stereocenters. The second-order valence-corrected chi connectivity index (χ2v) is 6.22. The van der Waals surface area contributed by atoms with Gasteiger partial charge in [0, 0.05) is 29.5 Å². The molecule has 1 aromatic heterocycles. The number of hydrogen-bond acceptors (Lipinski definition) is 4. The minimum atomic E-state index is -0.685. The maximum absolute atomic E-state index is 12.6. The number of aliphatic hydroxyl groups excluding tert-OH is 1. The number of ketones is 1. The van der Waals surface area contributed by atoms with E-state index in [1.165, 1.54) is 4.90 Å². The quantitative estimate of drug-likeness (QED) is 0.516. The summed E-state index contributed by atoms with van der Waals surface area (Å²) in [7, 11) is 0. The zero-order chi connectivity index (χ0) is 18.0. The maximum Gasteiger partial charge on any atom is 0.295 e. The minimum Gasteiger partial charge on any atom is -0.507 e. The van der Waals surface area contributed by atoms with Gasteiger partial charge in [0.25, 0.3) is 11.7 Å². The van der Waals surface area contributed by atoms with Crippen molar-refractivity contribution in [2.24, 2.45) is 0 Å². The van der Waals surface area contributed by atoms with E-state index in [-0.39, 0.29) is 11.3 Å². The molecular formula is C19H17ClN2O3. The number of carbonyl (C=O) groups is 2. The van der Waals surface area contributed by atoms with Gasteiger partial charge in [0.05, 0.1) is 11.6 Å². The molecule has 3 rings (SSSR count). The molecule has 1 amide bonds. The van der Waals surface area contributed by atoms with E-state index in [0.717, 1.165) is 0 Å². The standard InChI is InChI=1S/C19H17ClN2O3/c1-2-10-22-16(13-4-3-9-21-11-13)15(18(24)19(22)25)17(23)12-5-7-14(20)8-6-12/h3-9,11,16,23H,2,10H2,1H3/b17-15-. The zero-order valence-corrected chi connectivity index (χ0v) is 14.4. The van der Waals surface area contributed by atoms with Gasteiger partial charge >= 0.3 is 0 Å². The first kappa shape index (κ1) is 17.2. The molecule has 25 heavy (non-hydrogen) atoms. The summed E-state index contributed by atoms with van der Waals surface area (Å²) in [4.78, 5) is 30.6. The zero-order valence-electron chi connectivity index (χ0n) is 13.6. The largest absolute Gasteiger partial charge is 0.507 e. The number of rotatable bonds is 4. The fraction of sp³-hybridized carbons (Fsp3) is 0.211. The number of aromatic nitrogens is 1. The van der Waals surface area contributed by atoms with E-state index >= 15 is 0 Å². The summed E-state index contributed by atoms with van der Waals surface area (Å²) >= 11 is 5.88. The van der Waals surface area contributed by atoms with Gasteiger partial charge < -0.3 is 10.0 Å². The smallest absolute Gasteiger partial charge is 0.295 e. The van der Waals surface area contributed by atoms with Crippen molar-refractivity contribution in [3.8, 4) is 0 Å². The number of nitrogens with zero attached hydrogens (tertiary/aromatic N) is 2. The summed E-state index contributed by atoms with van der Waals surface area (Å²) in [6.45, 7) is 2.35. The summed E-state index contributed by atoms with van der Waals surface area (Å²) in [5, 5.41) is 11.3. The van der Waals surface area contributed by atoms with E-state index in [9.17, 15) is 14.7 Å². The van der Waals surface area contributed by atoms with Crippen molar-refractivity contribution in [3.05, 3.63) is 70.5 Å². The normalized spacial score (nSPS) is 19.4. The summed E-state index contributed by atoms with van der Waals surface area (Å²) in [5.74, 6) is -1.50. The van der Waals surface area contributed by atoms with Gasteiger partial charge in [-0.2, -0.15) is 0 Å². The van der Waals surface area contributed by atoms with Gasteiger partial charge in [0.1, 0.15) is 5.76 Å². The van der Waals surface area contributed by atoms with Crippen LogP contribution in [0.5, 0.6) is 0 Å². The maximum atomic E-state index is 12.6. The van der Waals surface area contributed by atoms with Gasteiger partial charge in [-0.05, 0) is 42.3 Å². The molecule has 1 saturated heterocycles. The van der Waals surface area contributed by atoms with E-state index in [1.807, 2.05) is 6.92 Å². The summed E-state index contributed by atoms with van der Waals surface area (Å²) in [6.07, 6.45) is 3.92. The van der Waals surface area contributed by atoms with Crippen LogP contribution in [0.1, 0.15) is 30.5 Å². The van der Waals surface area contributed by atoms with Crippen LogP contribution in [0.4, 0.5) is 0 Å². The summed E-state index contributed by atoms with van der Waals surface area (Å²) in [5.41, 5.74) is 1.20. The Hall–Kier alpha value is -2.66. The molecule has 5 nitrogen and oxygen atoms in total. The second-order valence-electron chi connectivity index (χ2n) is 5.79. The number of halogens is 1. The van der Waals surface area contributed by atoms with Crippen LogP contribution in [0, 0.1) is 0 Å². The molecule has 2 aromatic rings. The third kappa shape index (κ3) is 3.15. The fourth-order valence-corrected chi connectivity index (χ4v) is 3.13. The highest BCUT2D eigenvalue weighted by atomic mass is 35.5. The summed E-state index contributed by atoms with van der Waals surface area (Å²) < 4.78 is 0. The Balaban J connectivity index is 2.17. The van der Waals surface area contributed by atoms with Crippen molar-refractivity contribution in [3.63, 3.8) is 0 Å². The number of amides is 1. The summed E-state index contributed by atoms with van der Waals surface area (Å²) in [6, 6.07) is 9.36. The van der Waals surface area contributed by atoms with Gasteiger partial charge in [-0.3, -0.25) is 14.6 Å². The Morgan fingerprint density at radius 3 is 2.56 bits per heavy atom. The van der Waals surface area contributed by atoms with Crippen molar-refractivity contribution in [1.29, 1.82) is 0 Å². The van der Waals surface area contributed by atoms with E-state index < -0.39 is 17.7 Å². The van der Waals surface area contributed by atoms with Gasteiger partial charge in [-0.25, -0.2) is 0 Å². The van der Waals surface area contributed by atoms with Gasteiger partial charge in [-0.1, -0.05) is 24.6 Å². The average molecular weight is 357 g/mol. The molecule has 0 aliphatic carbocycles. The molecule has 0 bridgehead atoms. The van der Waals surface area contributed by atoms with Crippen LogP contribution in [-0.4, -0.2) is 33.2 Å². The topological polar surface area (TPSA) is 70.5 Å². The Bertz CT molecular complexity index is 832. The van der Waals surface area contributed by atoms with E-state index in [1.54, 1.807) is 48.8 Å². The highest BCUT2D eigenvalue weighted by Gasteiger charge is 2.45. The molecule has 1 aliphatic heterocycles. The van der Waals surface area contributed by atoms with Crippen molar-refractivity contribution >= 4 is 29.1 Å². The molecule has 1 atom stereocenters. The molecule has 1 aromatic carbocycles. The van der Waals surface area contributed by atoms with E-state index in [2.05, 4.69) is 4.98 Å². The molecule has 2 heterocycles. The van der Waals surface area contributed by atoms with Gasteiger partial charge in [-0.15, -0.1) is 0 Å². The Labute approximate surface area is 150 Å². The first-order chi connectivity index (χ1) is 12.0. The lowest BCUT2D eigenvalue weighted by Crippen LogP contribution is -2.30. The number of likely N-dealkylation sites (tertiary alicyclic amines) is 1. The monoisotopic (exact) mass is 356 g/mol. The molecule has 128 valence electrons. The lowest BCUT2D eigenvalue weighted by Gasteiger charge is -2.24. The Kier molecular flexibility index (Phi) is 4.86. The third-order valence-corrected chi connectivity index (χ3v) is 4.37. The number of aliphatic hydroxyl groups is 1. The SMILES string of the molecule is CCCN1C(=O)C(=O)/C(=C(\O)c2ccc(Cl)cc2)C1c1cccnc1. The van der Waals surface area contributed by atoms with Crippen LogP contribution in [0.3, 0.4) is 0 Å². The number of benzene rings is 1. The molecular weight excluding hydrogens is 340 g/mol. The lowest BCUT2D eigenvalue weighted by atomic mass is 9.96. The van der Waals surface area contributed by atoms with Crippen LogP contribution >= 0.6 is 11.6 Å². The van der Waals surface area contributed by atoms with Crippen LogP contribution in [0.15, 0.2) is 54.4 Å². The molecule has 0 radical (unpaired) electrons. The molecule has 1 fully saturated rings. The van der Waals surface area contributed by atoms with Gasteiger partial charge in [0.2, 0.25) is 0 Å². The number of Topliss-reactive ketones (excluding diaryl/α,β-unsaturated/α-hetero) is 1. The van der Waals surface area contributed by atoms with E-state index in [0.29, 0.717) is 29.1 Å². The number of pyridine rings is 1. The van der Waals surface area contributed by atoms with E-state index in [4.69, 9.17) is 11.6 Å². The molecule has 1 aliphatic rings. The van der Waals surface area contributed by atoms with Gasteiger partial charge in [0.15, 0.2) is 0 Å². The highest BCUT2D eigenvalue weighted by molar-refractivity contribution is 6.46. The number of hydrogen-bond donors (Lipinski definition) is 1. The molecule has 0 saturated carbocycles. The van der Waals surface area contributed by atoms with Crippen LogP contribution in [-0.2, 0) is 9.59 Å². The second kappa shape index (κ2) is 7.07. The minimum absolute atomic E-state index is 0.0776. The van der Waals surface area contributed by atoms with Crippen LogP contribution in [0.25, 0.3) is 5.76 Å². The van der Waals surface area contributed by atoms with Crippen LogP contribution in [0.2, 0.25) is 5.02 Å². The predicted octanol–water partition coefficient (Wildman–Crippen LogP) is 3.57. The first-order valence-corrected chi connectivity index (χ1v) is 8.36. The van der Waals surface area contributed by atoms with Crippen molar-refractivity contribution < 1.29 is 14.7 Å². The Morgan fingerprint density at radius 2 is 1.96 bits per heavy atom. The van der Waals surface area contributed by atoms with Crippen molar-refractivity contribution in [2.45, 2.75) is 19.4 Å². The van der Waals surface area contributed by atoms with Crippen molar-refractivity contribution in [2.75, 3.05) is 6.54 Å². The molecule has 1 N–H and O–H groups in total. The Morgan fingerprint density at radius 1 is 1.24 bits per heavy atom.